The molecule has 0 fully saturated rings. The van der Waals surface area contributed by atoms with E-state index in [9.17, 15) is 0 Å². The lowest BCUT2D eigenvalue weighted by molar-refractivity contribution is 0.324. The van der Waals surface area contributed by atoms with Gasteiger partial charge in [-0.2, -0.15) is 0 Å². The summed E-state index contributed by atoms with van der Waals surface area (Å²) in [5.41, 5.74) is 3.59. The number of halogens is 1. The highest BCUT2D eigenvalue weighted by Gasteiger charge is 2.17. The van der Waals surface area contributed by atoms with E-state index in [1.165, 1.54) is 6.33 Å². The van der Waals surface area contributed by atoms with Gasteiger partial charge in [-0.25, -0.2) is 9.97 Å². The van der Waals surface area contributed by atoms with Gasteiger partial charge in [-0.15, -0.1) is 0 Å². The minimum Gasteiger partial charge on any atom is -0.493 e. The zero-order valence-electron chi connectivity index (χ0n) is 14.1. The van der Waals surface area contributed by atoms with Crippen LogP contribution in [0.5, 0.6) is 17.2 Å². The first kappa shape index (κ1) is 17.2. The van der Waals surface area contributed by atoms with E-state index in [4.69, 9.17) is 14.2 Å². The fourth-order valence-corrected chi connectivity index (χ4v) is 2.88. The molecule has 0 unspecified atom stereocenters. The van der Waals surface area contributed by atoms with Crippen molar-refractivity contribution >= 4 is 15.9 Å². The smallest absolute Gasteiger partial charge is 0.203 e. The Morgan fingerprint density at radius 1 is 0.840 bits per heavy atom. The minimum absolute atomic E-state index is 0.549. The Morgan fingerprint density at radius 3 is 2.04 bits per heavy atom. The second kappa shape index (κ2) is 7.53. The number of benzene rings is 2. The third kappa shape index (κ3) is 3.44. The summed E-state index contributed by atoms with van der Waals surface area (Å²) in [6, 6.07) is 11.8. The summed E-state index contributed by atoms with van der Waals surface area (Å²) in [6.07, 6.45) is 3.33. The Labute approximate surface area is 154 Å². The Bertz CT molecular complexity index is 857. The lowest BCUT2D eigenvalue weighted by Crippen LogP contribution is -1.97. The van der Waals surface area contributed by atoms with Gasteiger partial charge in [-0.05, 0) is 29.8 Å². The minimum atomic E-state index is 0.549. The number of rotatable bonds is 5. The van der Waals surface area contributed by atoms with Crippen molar-refractivity contribution in [1.82, 2.24) is 9.97 Å². The summed E-state index contributed by atoms with van der Waals surface area (Å²) >= 11 is 3.46. The van der Waals surface area contributed by atoms with Gasteiger partial charge >= 0.3 is 0 Å². The predicted octanol–water partition coefficient (Wildman–Crippen LogP) is 4.60. The zero-order valence-corrected chi connectivity index (χ0v) is 15.7. The molecule has 6 heteroatoms. The highest BCUT2D eigenvalue weighted by molar-refractivity contribution is 9.10. The van der Waals surface area contributed by atoms with E-state index in [0.29, 0.717) is 17.2 Å². The molecule has 5 nitrogen and oxygen atoms in total. The van der Waals surface area contributed by atoms with E-state index in [2.05, 4.69) is 25.9 Å². The van der Waals surface area contributed by atoms with E-state index in [1.54, 1.807) is 27.5 Å². The first-order chi connectivity index (χ1) is 12.2. The molecule has 0 aliphatic carbocycles. The van der Waals surface area contributed by atoms with Crippen LogP contribution in [0.3, 0.4) is 0 Å². The first-order valence-corrected chi connectivity index (χ1v) is 8.33. The molecule has 0 aliphatic rings. The van der Waals surface area contributed by atoms with E-state index < -0.39 is 0 Å². The van der Waals surface area contributed by atoms with Crippen LogP contribution in [0.2, 0.25) is 0 Å². The fraction of sp³-hybridized carbons (Fsp3) is 0.158. The molecule has 0 saturated carbocycles. The third-order valence-electron chi connectivity index (χ3n) is 3.81. The summed E-state index contributed by atoms with van der Waals surface area (Å²) in [4.78, 5) is 8.66. The molecule has 0 N–H and O–H groups in total. The van der Waals surface area contributed by atoms with Crippen LogP contribution >= 0.6 is 15.9 Å². The van der Waals surface area contributed by atoms with Crippen LogP contribution in [0.15, 0.2) is 53.4 Å². The summed E-state index contributed by atoms with van der Waals surface area (Å²) in [7, 11) is 4.77. The molecule has 0 radical (unpaired) electrons. The Balaban J connectivity index is 2.19. The van der Waals surface area contributed by atoms with E-state index >= 15 is 0 Å². The lowest BCUT2D eigenvalue weighted by atomic mass is 10.0. The van der Waals surface area contributed by atoms with Gasteiger partial charge in [0.25, 0.3) is 0 Å². The van der Waals surface area contributed by atoms with Crippen molar-refractivity contribution < 1.29 is 14.2 Å². The molecule has 3 aromatic rings. The Kier molecular flexibility index (Phi) is 5.19. The molecule has 1 aromatic heterocycles. The SMILES string of the molecule is COc1cc(-c2ncncc2-c2ccc(Br)cc2)cc(OC)c1OC. The summed E-state index contributed by atoms with van der Waals surface area (Å²) in [5, 5.41) is 0. The largest absolute Gasteiger partial charge is 0.493 e. The number of aromatic nitrogens is 2. The van der Waals surface area contributed by atoms with Crippen LogP contribution in [-0.2, 0) is 0 Å². The van der Waals surface area contributed by atoms with Crippen LogP contribution in [0, 0.1) is 0 Å². The van der Waals surface area contributed by atoms with Crippen LogP contribution < -0.4 is 14.2 Å². The molecule has 0 spiro atoms. The molecule has 0 atom stereocenters. The molecule has 25 heavy (non-hydrogen) atoms. The Hall–Kier alpha value is -2.60. The maximum absolute atomic E-state index is 5.45. The van der Waals surface area contributed by atoms with Gasteiger partial charge < -0.3 is 14.2 Å². The van der Waals surface area contributed by atoms with Crippen molar-refractivity contribution in [3.05, 3.63) is 53.4 Å². The molecule has 128 valence electrons. The maximum atomic E-state index is 5.45. The molecule has 2 aromatic carbocycles. The summed E-state index contributed by atoms with van der Waals surface area (Å²) in [5.74, 6) is 1.71. The van der Waals surface area contributed by atoms with Gasteiger partial charge in [0, 0.05) is 21.8 Å². The van der Waals surface area contributed by atoms with E-state index in [1.807, 2.05) is 36.4 Å². The number of methoxy groups -OCH3 is 3. The molecule has 0 aliphatic heterocycles. The number of hydrogen-bond acceptors (Lipinski definition) is 5. The average Bonchev–Trinajstić information content (AvgIpc) is 2.67. The van der Waals surface area contributed by atoms with Crippen molar-refractivity contribution in [2.24, 2.45) is 0 Å². The normalized spacial score (nSPS) is 10.4. The highest BCUT2D eigenvalue weighted by atomic mass is 79.9. The first-order valence-electron chi connectivity index (χ1n) is 7.54. The van der Waals surface area contributed by atoms with Gasteiger partial charge in [-0.1, -0.05) is 28.1 Å². The van der Waals surface area contributed by atoms with Crippen molar-refractivity contribution in [2.75, 3.05) is 21.3 Å². The highest BCUT2D eigenvalue weighted by Crippen LogP contribution is 2.42. The average molecular weight is 401 g/mol. The predicted molar refractivity (Wildman–Crippen MR) is 100 cm³/mol. The van der Waals surface area contributed by atoms with Gasteiger partial charge in [0.1, 0.15) is 6.33 Å². The van der Waals surface area contributed by atoms with Crippen molar-refractivity contribution in [3.8, 4) is 39.6 Å². The van der Waals surface area contributed by atoms with Crippen LogP contribution in [0.1, 0.15) is 0 Å². The number of hydrogen-bond donors (Lipinski definition) is 0. The number of nitrogens with zero attached hydrogens (tertiary/aromatic N) is 2. The topological polar surface area (TPSA) is 53.5 Å². The molecule has 3 rings (SSSR count). The molecule has 0 saturated heterocycles. The lowest BCUT2D eigenvalue weighted by Gasteiger charge is -2.15. The second-order valence-electron chi connectivity index (χ2n) is 5.21. The fourth-order valence-electron chi connectivity index (χ4n) is 2.62. The zero-order chi connectivity index (χ0) is 17.8. The van der Waals surface area contributed by atoms with Crippen molar-refractivity contribution in [3.63, 3.8) is 0 Å². The van der Waals surface area contributed by atoms with Gasteiger partial charge in [-0.3, -0.25) is 0 Å². The van der Waals surface area contributed by atoms with Crippen LogP contribution in [0.4, 0.5) is 0 Å². The molecular formula is C19H17BrN2O3. The summed E-state index contributed by atoms with van der Waals surface area (Å²) < 4.78 is 17.3. The number of ether oxygens (including phenoxy) is 3. The maximum Gasteiger partial charge on any atom is 0.203 e. The third-order valence-corrected chi connectivity index (χ3v) is 4.33. The monoisotopic (exact) mass is 400 g/mol. The van der Waals surface area contributed by atoms with E-state index in [-0.39, 0.29) is 0 Å². The van der Waals surface area contributed by atoms with Gasteiger partial charge in [0.15, 0.2) is 11.5 Å². The molecular weight excluding hydrogens is 384 g/mol. The molecule has 0 amide bonds. The standard InChI is InChI=1S/C19H17BrN2O3/c1-23-16-8-13(9-17(24-2)19(16)25-3)18-15(10-21-11-22-18)12-4-6-14(20)7-5-12/h4-11H,1-3H3. The molecule has 1 heterocycles. The molecule has 0 bridgehead atoms. The second-order valence-corrected chi connectivity index (χ2v) is 6.12. The summed E-state index contributed by atoms with van der Waals surface area (Å²) in [6.45, 7) is 0. The van der Waals surface area contributed by atoms with Gasteiger partial charge in [0.05, 0.1) is 27.0 Å². The van der Waals surface area contributed by atoms with Gasteiger partial charge in [0.2, 0.25) is 5.75 Å². The van der Waals surface area contributed by atoms with Crippen LogP contribution in [0.25, 0.3) is 22.4 Å². The van der Waals surface area contributed by atoms with E-state index in [0.717, 1.165) is 26.9 Å². The van der Waals surface area contributed by atoms with Crippen LogP contribution in [-0.4, -0.2) is 31.3 Å². The van der Waals surface area contributed by atoms with Crippen molar-refractivity contribution in [1.29, 1.82) is 0 Å². The van der Waals surface area contributed by atoms with Crippen molar-refractivity contribution in [2.45, 2.75) is 0 Å². The quantitative estimate of drug-likeness (QED) is 0.626. The Morgan fingerprint density at radius 2 is 1.48 bits per heavy atom.